The second-order valence-electron chi connectivity index (χ2n) is 5.90. The van der Waals surface area contributed by atoms with Gasteiger partial charge in [-0.25, -0.2) is 0 Å². The van der Waals surface area contributed by atoms with Crippen LogP contribution in [-0.4, -0.2) is 55.4 Å². The molecule has 0 aromatic carbocycles. The number of hydrogen-bond donors (Lipinski definition) is 0. The highest BCUT2D eigenvalue weighted by Gasteiger charge is 2.28. The van der Waals surface area contributed by atoms with E-state index < -0.39 is 0 Å². The summed E-state index contributed by atoms with van der Waals surface area (Å²) in [5, 5.41) is 0. The van der Waals surface area contributed by atoms with Gasteiger partial charge in [0.15, 0.2) is 0 Å². The lowest BCUT2D eigenvalue weighted by molar-refractivity contribution is -0.125. The molecule has 1 aliphatic heterocycles. The summed E-state index contributed by atoms with van der Waals surface area (Å²) in [6.45, 7) is 3.28. The van der Waals surface area contributed by atoms with Crippen molar-refractivity contribution in [1.82, 2.24) is 9.80 Å². The van der Waals surface area contributed by atoms with E-state index in [2.05, 4.69) is 23.9 Å². The van der Waals surface area contributed by atoms with Gasteiger partial charge in [0.2, 0.25) is 0 Å². The Morgan fingerprint density at radius 3 is 2.53 bits per heavy atom. The van der Waals surface area contributed by atoms with Crippen LogP contribution in [0, 0.1) is 5.92 Å². The average Bonchev–Trinajstić information content (AvgIpc) is 2.35. The molecule has 17 heavy (non-hydrogen) atoms. The number of Topliss-reactive ketones (excluding diaryl/α,β-unsaturated/α-hetero) is 1. The molecule has 0 radical (unpaired) electrons. The fourth-order valence-electron chi connectivity index (χ4n) is 3.15. The second kappa shape index (κ2) is 5.96. The van der Waals surface area contributed by atoms with E-state index in [0.29, 0.717) is 17.7 Å². The maximum atomic E-state index is 12.3. The molecular formula is C14H26N2O. The molecule has 1 saturated heterocycles. The van der Waals surface area contributed by atoms with Crippen molar-refractivity contribution in [2.24, 2.45) is 5.92 Å². The molecule has 98 valence electrons. The van der Waals surface area contributed by atoms with Crippen molar-refractivity contribution >= 4 is 5.78 Å². The van der Waals surface area contributed by atoms with Crippen LogP contribution in [0.1, 0.15) is 38.5 Å². The third kappa shape index (κ3) is 3.52. The Labute approximate surface area is 105 Å². The minimum Gasteiger partial charge on any atom is -0.304 e. The van der Waals surface area contributed by atoms with Gasteiger partial charge >= 0.3 is 0 Å². The van der Waals surface area contributed by atoms with Crippen molar-refractivity contribution < 1.29 is 4.79 Å². The molecule has 3 heteroatoms. The van der Waals surface area contributed by atoms with E-state index in [-0.39, 0.29) is 0 Å². The largest absolute Gasteiger partial charge is 0.304 e. The van der Waals surface area contributed by atoms with Gasteiger partial charge in [-0.05, 0) is 26.9 Å². The van der Waals surface area contributed by atoms with Gasteiger partial charge in [0.1, 0.15) is 5.78 Å². The fourth-order valence-corrected chi connectivity index (χ4v) is 3.15. The summed E-state index contributed by atoms with van der Waals surface area (Å²) in [5.74, 6) is 0.904. The second-order valence-corrected chi connectivity index (χ2v) is 5.90. The first kappa shape index (κ1) is 13.0. The summed E-state index contributed by atoms with van der Waals surface area (Å²) < 4.78 is 0. The third-order valence-corrected chi connectivity index (χ3v) is 4.48. The van der Waals surface area contributed by atoms with Gasteiger partial charge in [-0.2, -0.15) is 0 Å². The maximum Gasteiger partial charge on any atom is 0.137 e. The lowest BCUT2D eigenvalue weighted by Crippen LogP contribution is -2.51. The number of rotatable bonds is 3. The van der Waals surface area contributed by atoms with Crippen molar-refractivity contribution in [3.05, 3.63) is 0 Å². The predicted molar refractivity (Wildman–Crippen MR) is 70.1 cm³/mol. The Bertz CT molecular complexity index is 261. The molecular weight excluding hydrogens is 212 g/mol. The highest BCUT2D eigenvalue weighted by molar-refractivity contribution is 5.81. The summed E-state index contributed by atoms with van der Waals surface area (Å²) in [6, 6.07) is 0.447. The minimum atomic E-state index is 0.379. The Hall–Kier alpha value is -0.410. The Morgan fingerprint density at radius 1 is 1.12 bits per heavy atom. The normalized spacial score (nSPS) is 29.4. The summed E-state index contributed by atoms with van der Waals surface area (Å²) >= 11 is 0. The van der Waals surface area contributed by atoms with Crippen LogP contribution in [0.4, 0.5) is 0 Å². The van der Waals surface area contributed by atoms with Crippen LogP contribution in [0.2, 0.25) is 0 Å². The molecule has 1 unspecified atom stereocenters. The Kier molecular flexibility index (Phi) is 4.57. The van der Waals surface area contributed by atoms with Gasteiger partial charge in [0.25, 0.3) is 0 Å². The van der Waals surface area contributed by atoms with Crippen LogP contribution in [0.3, 0.4) is 0 Å². The zero-order valence-corrected chi connectivity index (χ0v) is 11.3. The molecule has 1 atom stereocenters. The topological polar surface area (TPSA) is 23.6 Å². The van der Waals surface area contributed by atoms with Gasteiger partial charge in [0.05, 0.1) is 0 Å². The molecule has 0 bridgehead atoms. The van der Waals surface area contributed by atoms with Crippen molar-refractivity contribution in [2.75, 3.05) is 33.7 Å². The number of carbonyl (C=O) groups excluding carboxylic acids is 1. The van der Waals surface area contributed by atoms with Gasteiger partial charge in [0, 0.05) is 38.0 Å². The zero-order chi connectivity index (χ0) is 12.3. The van der Waals surface area contributed by atoms with Crippen LogP contribution in [0.25, 0.3) is 0 Å². The molecule has 2 rings (SSSR count). The molecule has 0 spiro atoms. The number of likely N-dealkylation sites (N-methyl/N-ethyl adjacent to an activating group) is 2. The summed E-state index contributed by atoms with van der Waals surface area (Å²) in [5.41, 5.74) is 0. The maximum absolute atomic E-state index is 12.3. The van der Waals surface area contributed by atoms with Crippen LogP contribution in [-0.2, 0) is 4.79 Å². The van der Waals surface area contributed by atoms with Crippen molar-refractivity contribution in [3.8, 4) is 0 Å². The van der Waals surface area contributed by atoms with Gasteiger partial charge < -0.3 is 9.80 Å². The van der Waals surface area contributed by atoms with Crippen molar-refractivity contribution in [3.63, 3.8) is 0 Å². The number of carbonyl (C=O) groups is 1. The lowest BCUT2D eigenvalue weighted by atomic mass is 9.84. The first-order valence-corrected chi connectivity index (χ1v) is 7.08. The van der Waals surface area contributed by atoms with E-state index in [4.69, 9.17) is 0 Å². The van der Waals surface area contributed by atoms with Crippen LogP contribution >= 0.6 is 0 Å². The minimum absolute atomic E-state index is 0.379. The molecule has 2 fully saturated rings. The zero-order valence-electron chi connectivity index (χ0n) is 11.3. The quantitative estimate of drug-likeness (QED) is 0.748. The smallest absolute Gasteiger partial charge is 0.137 e. The monoisotopic (exact) mass is 238 g/mol. The van der Waals surface area contributed by atoms with E-state index >= 15 is 0 Å². The molecule has 0 aromatic rings. The van der Waals surface area contributed by atoms with Crippen LogP contribution < -0.4 is 0 Å². The van der Waals surface area contributed by atoms with E-state index in [1.54, 1.807) is 0 Å². The molecule has 3 nitrogen and oxygen atoms in total. The molecule has 1 heterocycles. The fraction of sp³-hybridized carbons (Fsp3) is 0.929. The lowest BCUT2D eigenvalue weighted by Gasteiger charge is -2.38. The van der Waals surface area contributed by atoms with Gasteiger partial charge in [-0.15, -0.1) is 0 Å². The third-order valence-electron chi connectivity index (χ3n) is 4.48. The number of piperazine rings is 1. The highest BCUT2D eigenvalue weighted by atomic mass is 16.1. The standard InChI is InChI=1S/C14H26N2O/c1-15-8-9-16(2)13(11-15)10-14(17)12-6-4-3-5-7-12/h12-13H,3-11H2,1-2H3. The van der Waals surface area contributed by atoms with Crippen molar-refractivity contribution in [2.45, 2.75) is 44.6 Å². The average molecular weight is 238 g/mol. The summed E-state index contributed by atoms with van der Waals surface area (Å²) in [4.78, 5) is 17.0. The summed E-state index contributed by atoms with van der Waals surface area (Å²) in [7, 11) is 4.32. The highest BCUT2D eigenvalue weighted by Crippen LogP contribution is 2.26. The van der Waals surface area contributed by atoms with E-state index in [1.165, 1.54) is 19.3 Å². The molecule has 0 N–H and O–H groups in total. The van der Waals surface area contributed by atoms with Gasteiger partial charge in [-0.3, -0.25) is 4.79 Å². The molecule has 2 aliphatic rings. The first-order chi connectivity index (χ1) is 8.16. The summed E-state index contributed by atoms with van der Waals surface area (Å²) in [6.07, 6.45) is 6.91. The molecule has 1 aliphatic carbocycles. The van der Waals surface area contributed by atoms with E-state index in [9.17, 15) is 4.79 Å². The van der Waals surface area contributed by atoms with Crippen LogP contribution in [0.15, 0.2) is 0 Å². The van der Waals surface area contributed by atoms with Crippen LogP contribution in [0.5, 0.6) is 0 Å². The molecule has 0 amide bonds. The Morgan fingerprint density at radius 2 is 1.82 bits per heavy atom. The van der Waals surface area contributed by atoms with E-state index in [1.807, 2.05) is 0 Å². The first-order valence-electron chi connectivity index (χ1n) is 7.08. The van der Waals surface area contributed by atoms with E-state index in [0.717, 1.165) is 38.9 Å². The SMILES string of the molecule is CN1CCN(C)C(CC(=O)C2CCCCC2)C1. The number of ketones is 1. The molecule has 0 aromatic heterocycles. The number of hydrogen-bond acceptors (Lipinski definition) is 3. The van der Waals surface area contributed by atoms with Gasteiger partial charge in [-0.1, -0.05) is 19.3 Å². The van der Waals surface area contributed by atoms with Crippen molar-refractivity contribution in [1.29, 1.82) is 0 Å². The molecule has 1 saturated carbocycles. The Balaban J connectivity index is 1.83. The predicted octanol–water partition coefficient (Wildman–Crippen LogP) is 1.77. The number of nitrogens with zero attached hydrogens (tertiary/aromatic N) is 2.